The van der Waals surface area contributed by atoms with E-state index in [1.54, 1.807) is 12.1 Å². The highest BCUT2D eigenvalue weighted by atomic mass is 16.4. The Bertz CT molecular complexity index is 391. The number of hydrogen-bond donors (Lipinski definition) is 2. The van der Waals surface area contributed by atoms with Crippen molar-refractivity contribution in [1.82, 2.24) is 4.90 Å². The highest BCUT2D eigenvalue weighted by molar-refractivity contribution is 5.82. The third-order valence-corrected chi connectivity index (χ3v) is 2.43. The van der Waals surface area contributed by atoms with E-state index in [4.69, 9.17) is 10.2 Å². The number of nitrogens with zero attached hydrogens (tertiary/aromatic N) is 1. The number of carboxylic acid groups (broad SMARTS) is 1. The predicted octanol–water partition coefficient (Wildman–Crippen LogP) is 0.481. The van der Waals surface area contributed by atoms with Gasteiger partial charge in [-0.1, -0.05) is 30.3 Å². The quantitative estimate of drug-likeness (QED) is 0.780. The Morgan fingerprint density at radius 2 is 1.88 bits per heavy atom. The van der Waals surface area contributed by atoms with E-state index in [0.29, 0.717) is 0 Å². The first-order valence-electron chi connectivity index (χ1n) is 5.21. The summed E-state index contributed by atoms with van der Waals surface area (Å²) in [7, 11) is 0. The Balaban J connectivity index is 2.87. The zero-order chi connectivity index (χ0) is 12.8. The van der Waals surface area contributed by atoms with Crippen LogP contribution >= 0.6 is 0 Å². The van der Waals surface area contributed by atoms with Gasteiger partial charge < -0.3 is 15.1 Å². The van der Waals surface area contributed by atoms with Gasteiger partial charge >= 0.3 is 5.97 Å². The number of carboxylic acids is 1. The van der Waals surface area contributed by atoms with Crippen LogP contribution in [0, 0.1) is 0 Å². The molecule has 1 aromatic carbocycles. The van der Waals surface area contributed by atoms with E-state index in [-0.39, 0.29) is 12.5 Å². The van der Waals surface area contributed by atoms with Gasteiger partial charge in [0.1, 0.15) is 0 Å². The van der Waals surface area contributed by atoms with Crippen molar-refractivity contribution in [2.75, 3.05) is 6.61 Å². The molecule has 0 heterocycles. The van der Waals surface area contributed by atoms with E-state index < -0.39 is 18.6 Å². The molecule has 0 aliphatic heterocycles. The molecule has 1 amide bonds. The molecule has 17 heavy (non-hydrogen) atoms. The summed E-state index contributed by atoms with van der Waals surface area (Å²) in [6, 6.07) is 7.85. The van der Waals surface area contributed by atoms with Gasteiger partial charge in [-0.15, -0.1) is 0 Å². The molecule has 0 fully saturated rings. The highest BCUT2D eigenvalue weighted by Gasteiger charge is 2.26. The molecule has 0 radical (unpaired) electrons. The second kappa shape index (κ2) is 6.00. The monoisotopic (exact) mass is 237 g/mol. The highest BCUT2D eigenvalue weighted by Crippen LogP contribution is 2.09. The minimum Gasteiger partial charge on any atom is -0.480 e. The molecule has 1 aromatic rings. The van der Waals surface area contributed by atoms with Crippen LogP contribution in [0.25, 0.3) is 0 Å². The zero-order valence-corrected chi connectivity index (χ0v) is 9.54. The number of carbonyl (C=O) groups is 2. The molecule has 92 valence electrons. The lowest BCUT2D eigenvalue weighted by molar-refractivity contribution is -0.151. The fourth-order valence-electron chi connectivity index (χ4n) is 1.53. The van der Waals surface area contributed by atoms with Crippen molar-refractivity contribution in [3.8, 4) is 0 Å². The number of carbonyl (C=O) groups excluding carboxylic acids is 1. The SMILES string of the molecule is CC(=O)N(Cc1ccccc1)C(CO)C(=O)O. The van der Waals surface area contributed by atoms with Crippen molar-refractivity contribution in [2.24, 2.45) is 0 Å². The van der Waals surface area contributed by atoms with Gasteiger partial charge in [0.2, 0.25) is 5.91 Å². The number of aliphatic hydroxyl groups is 1. The smallest absolute Gasteiger partial charge is 0.328 e. The van der Waals surface area contributed by atoms with Gasteiger partial charge in [0.15, 0.2) is 6.04 Å². The molecular formula is C12H15NO4. The molecule has 0 aromatic heterocycles. The number of aliphatic hydroxyl groups excluding tert-OH is 1. The maximum atomic E-state index is 11.4. The van der Waals surface area contributed by atoms with Gasteiger partial charge in [0, 0.05) is 13.5 Å². The summed E-state index contributed by atoms with van der Waals surface area (Å²) in [6.07, 6.45) is 0. The van der Waals surface area contributed by atoms with Gasteiger partial charge in [0.25, 0.3) is 0 Å². The molecule has 1 unspecified atom stereocenters. The Kier molecular flexibility index (Phi) is 4.66. The third-order valence-electron chi connectivity index (χ3n) is 2.43. The number of amides is 1. The van der Waals surface area contributed by atoms with Gasteiger partial charge in [-0.05, 0) is 5.56 Å². The molecule has 5 heteroatoms. The normalized spacial score (nSPS) is 11.9. The lowest BCUT2D eigenvalue weighted by Crippen LogP contribution is -2.45. The third kappa shape index (κ3) is 3.57. The summed E-state index contributed by atoms with van der Waals surface area (Å²) < 4.78 is 0. The van der Waals surface area contributed by atoms with Crippen molar-refractivity contribution in [3.63, 3.8) is 0 Å². The van der Waals surface area contributed by atoms with E-state index in [2.05, 4.69) is 0 Å². The van der Waals surface area contributed by atoms with E-state index in [1.165, 1.54) is 6.92 Å². The van der Waals surface area contributed by atoms with Crippen LogP contribution in [0.15, 0.2) is 30.3 Å². The molecule has 0 bridgehead atoms. The maximum Gasteiger partial charge on any atom is 0.328 e. The number of benzene rings is 1. The summed E-state index contributed by atoms with van der Waals surface area (Å²) >= 11 is 0. The molecule has 0 saturated heterocycles. The van der Waals surface area contributed by atoms with Crippen LogP contribution in [0.5, 0.6) is 0 Å². The second-order valence-electron chi connectivity index (χ2n) is 3.67. The van der Waals surface area contributed by atoms with Crippen LogP contribution in [0.3, 0.4) is 0 Å². The molecule has 0 spiro atoms. The maximum absolute atomic E-state index is 11.4. The Morgan fingerprint density at radius 3 is 2.29 bits per heavy atom. The van der Waals surface area contributed by atoms with E-state index in [0.717, 1.165) is 10.5 Å². The lowest BCUT2D eigenvalue weighted by Gasteiger charge is -2.26. The van der Waals surface area contributed by atoms with Gasteiger partial charge in [-0.2, -0.15) is 0 Å². The Labute approximate surface area is 99.3 Å². The molecule has 0 aliphatic carbocycles. The molecule has 1 rings (SSSR count). The van der Waals surface area contributed by atoms with Gasteiger partial charge in [-0.25, -0.2) is 4.79 Å². The van der Waals surface area contributed by atoms with Crippen molar-refractivity contribution < 1.29 is 19.8 Å². The molecule has 5 nitrogen and oxygen atoms in total. The molecular weight excluding hydrogens is 222 g/mol. The van der Waals surface area contributed by atoms with Crippen molar-refractivity contribution >= 4 is 11.9 Å². The molecule has 1 atom stereocenters. The van der Waals surface area contributed by atoms with Gasteiger partial charge in [0.05, 0.1) is 6.61 Å². The van der Waals surface area contributed by atoms with Crippen LogP contribution in [0.4, 0.5) is 0 Å². The lowest BCUT2D eigenvalue weighted by atomic mass is 10.1. The number of rotatable bonds is 5. The van der Waals surface area contributed by atoms with Crippen molar-refractivity contribution in [1.29, 1.82) is 0 Å². The van der Waals surface area contributed by atoms with E-state index in [1.807, 2.05) is 18.2 Å². The Hall–Kier alpha value is -1.88. The zero-order valence-electron chi connectivity index (χ0n) is 9.54. The van der Waals surface area contributed by atoms with Crippen molar-refractivity contribution in [3.05, 3.63) is 35.9 Å². The van der Waals surface area contributed by atoms with Crippen molar-refractivity contribution in [2.45, 2.75) is 19.5 Å². The van der Waals surface area contributed by atoms with Crippen LogP contribution in [0.2, 0.25) is 0 Å². The van der Waals surface area contributed by atoms with E-state index >= 15 is 0 Å². The average Bonchev–Trinajstić information content (AvgIpc) is 2.29. The minimum absolute atomic E-state index is 0.174. The summed E-state index contributed by atoms with van der Waals surface area (Å²) in [5.41, 5.74) is 0.822. The molecule has 2 N–H and O–H groups in total. The summed E-state index contributed by atoms with van der Waals surface area (Å²) in [6.45, 7) is 0.865. The fourth-order valence-corrected chi connectivity index (χ4v) is 1.53. The second-order valence-corrected chi connectivity index (χ2v) is 3.67. The van der Waals surface area contributed by atoms with Crippen LogP contribution in [-0.4, -0.2) is 39.6 Å². The average molecular weight is 237 g/mol. The molecule has 0 aliphatic rings. The largest absolute Gasteiger partial charge is 0.480 e. The van der Waals surface area contributed by atoms with E-state index in [9.17, 15) is 9.59 Å². The van der Waals surface area contributed by atoms with Gasteiger partial charge in [-0.3, -0.25) is 4.79 Å². The standard InChI is InChI=1S/C12H15NO4/c1-9(15)13(11(8-14)12(16)17)7-10-5-3-2-4-6-10/h2-6,11,14H,7-8H2,1H3,(H,16,17). The first-order valence-corrected chi connectivity index (χ1v) is 5.21. The summed E-state index contributed by atoms with van der Waals surface area (Å²) in [5, 5.41) is 17.9. The first-order chi connectivity index (χ1) is 8.06. The summed E-state index contributed by atoms with van der Waals surface area (Å²) in [4.78, 5) is 23.5. The van der Waals surface area contributed by atoms with Crippen LogP contribution < -0.4 is 0 Å². The predicted molar refractivity (Wildman–Crippen MR) is 61.2 cm³/mol. The number of aliphatic carboxylic acids is 1. The fraction of sp³-hybridized carbons (Fsp3) is 0.333. The topological polar surface area (TPSA) is 77.8 Å². The molecule has 0 saturated carbocycles. The van der Waals surface area contributed by atoms with Crippen LogP contribution in [-0.2, 0) is 16.1 Å². The number of hydrogen-bond acceptors (Lipinski definition) is 3. The Morgan fingerprint density at radius 1 is 1.29 bits per heavy atom. The summed E-state index contributed by atoms with van der Waals surface area (Å²) in [5.74, 6) is -1.59. The first kappa shape index (κ1) is 13.2. The van der Waals surface area contributed by atoms with Crippen LogP contribution in [0.1, 0.15) is 12.5 Å². The minimum atomic E-state index is -1.21.